The third kappa shape index (κ3) is 3.89. The predicted molar refractivity (Wildman–Crippen MR) is 96.2 cm³/mol. The second kappa shape index (κ2) is 7.63. The van der Waals surface area contributed by atoms with E-state index in [9.17, 15) is 9.59 Å². The van der Waals surface area contributed by atoms with Crippen LogP contribution in [-0.4, -0.2) is 45.1 Å². The number of anilines is 1. The molecule has 0 spiro atoms. The van der Waals surface area contributed by atoms with E-state index < -0.39 is 5.54 Å². The zero-order valence-electron chi connectivity index (χ0n) is 15.2. The first-order valence-corrected chi connectivity index (χ1v) is 8.89. The molecular weight excluding hydrogens is 334 g/mol. The molecule has 1 aliphatic rings. The Morgan fingerprint density at radius 3 is 2.65 bits per heavy atom. The lowest BCUT2D eigenvalue weighted by molar-refractivity contribution is -0.135. The van der Waals surface area contributed by atoms with Crippen molar-refractivity contribution in [3.8, 4) is 0 Å². The quantitative estimate of drug-likeness (QED) is 0.816. The molecule has 0 atom stereocenters. The Morgan fingerprint density at radius 2 is 2.08 bits per heavy atom. The van der Waals surface area contributed by atoms with E-state index in [0.717, 1.165) is 0 Å². The van der Waals surface area contributed by atoms with Gasteiger partial charge >= 0.3 is 0 Å². The molecule has 8 heteroatoms. The van der Waals surface area contributed by atoms with Crippen LogP contribution in [0.15, 0.2) is 35.1 Å². The van der Waals surface area contributed by atoms with Gasteiger partial charge in [0.1, 0.15) is 17.1 Å². The van der Waals surface area contributed by atoms with Gasteiger partial charge in [0.2, 0.25) is 11.8 Å². The SMILES string of the molecule is CCC(=O)N1CCC(Nc2ccn(C)n2)(C(=O)NCc2ccco2)CC1. The topological polar surface area (TPSA) is 92.4 Å². The Balaban J connectivity index is 1.73. The fraction of sp³-hybridized carbons (Fsp3) is 0.500. The van der Waals surface area contributed by atoms with Crippen LogP contribution in [0.5, 0.6) is 0 Å². The van der Waals surface area contributed by atoms with Crippen LogP contribution in [0.25, 0.3) is 0 Å². The molecule has 1 saturated heterocycles. The van der Waals surface area contributed by atoms with Gasteiger partial charge in [0.15, 0.2) is 0 Å². The molecule has 3 heterocycles. The number of likely N-dealkylation sites (tertiary alicyclic amines) is 1. The largest absolute Gasteiger partial charge is 0.467 e. The highest BCUT2D eigenvalue weighted by molar-refractivity contribution is 5.89. The number of hydrogen-bond donors (Lipinski definition) is 2. The second-order valence-electron chi connectivity index (χ2n) is 6.58. The molecule has 0 aromatic carbocycles. The molecule has 140 valence electrons. The van der Waals surface area contributed by atoms with Gasteiger partial charge in [-0.05, 0) is 25.0 Å². The third-order valence-corrected chi connectivity index (χ3v) is 4.79. The van der Waals surface area contributed by atoms with E-state index in [1.807, 2.05) is 37.2 Å². The third-order valence-electron chi connectivity index (χ3n) is 4.79. The molecule has 8 nitrogen and oxygen atoms in total. The summed E-state index contributed by atoms with van der Waals surface area (Å²) in [4.78, 5) is 26.8. The lowest BCUT2D eigenvalue weighted by Crippen LogP contribution is -2.59. The van der Waals surface area contributed by atoms with Crippen LogP contribution < -0.4 is 10.6 Å². The van der Waals surface area contributed by atoms with Gasteiger partial charge < -0.3 is 20.0 Å². The zero-order valence-corrected chi connectivity index (χ0v) is 15.2. The molecule has 0 unspecified atom stereocenters. The molecule has 26 heavy (non-hydrogen) atoms. The van der Waals surface area contributed by atoms with E-state index in [-0.39, 0.29) is 11.8 Å². The van der Waals surface area contributed by atoms with Crippen molar-refractivity contribution in [2.75, 3.05) is 18.4 Å². The molecule has 0 aliphatic carbocycles. The van der Waals surface area contributed by atoms with E-state index >= 15 is 0 Å². The maximum atomic E-state index is 13.0. The zero-order chi connectivity index (χ0) is 18.6. The minimum absolute atomic E-state index is 0.108. The van der Waals surface area contributed by atoms with Crippen molar-refractivity contribution >= 4 is 17.6 Å². The van der Waals surface area contributed by atoms with Crippen molar-refractivity contribution < 1.29 is 14.0 Å². The fourth-order valence-corrected chi connectivity index (χ4v) is 3.25. The van der Waals surface area contributed by atoms with E-state index in [1.165, 1.54) is 0 Å². The first-order chi connectivity index (χ1) is 12.5. The second-order valence-corrected chi connectivity index (χ2v) is 6.58. The fourth-order valence-electron chi connectivity index (χ4n) is 3.25. The van der Waals surface area contributed by atoms with Gasteiger partial charge in [-0.2, -0.15) is 5.10 Å². The molecular formula is C18H25N5O3. The summed E-state index contributed by atoms with van der Waals surface area (Å²) in [6.45, 7) is 3.27. The molecule has 0 radical (unpaired) electrons. The van der Waals surface area contributed by atoms with Gasteiger partial charge in [-0.3, -0.25) is 14.3 Å². The monoisotopic (exact) mass is 359 g/mol. The normalized spacial score (nSPS) is 16.3. The number of aromatic nitrogens is 2. The number of nitrogens with one attached hydrogen (secondary N) is 2. The molecule has 1 aliphatic heterocycles. The highest BCUT2D eigenvalue weighted by Crippen LogP contribution is 2.27. The van der Waals surface area contributed by atoms with Crippen LogP contribution in [0.4, 0.5) is 5.82 Å². The number of piperidine rings is 1. The van der Waals surface area contributed by atoms with Crippen LogP contribution >= 0.6 is 0 Å². The van der Waals surface area contributed by atoms with Gasteiger partial charge in [0.05, 0.1) is 12.8 Å². The Morgan fingerprint density at radius 1 is 1.31 bits per heavy atom. The van der Waals surface area contributed by atoms with Crippen molar-refractivity contribution in [2.45, 2.75) is 38.3 Å². The number of furan rings is 1. The van der Waals surface area contributed by atoms with E-state index in [1.54, 1.807) is 17.0 Å². The molecule has 3 rings (SSSR count). The lowest BCUT2D eigenvalue weighted by Gasteiger charge is -2.41. The highest BCUT2D eigenvalue weighted by atomic mass is 16.3. The Labute approximate surface area is 152 Å². The average molecular weight is 359 g/mol. The van der Waals surface area contributed by atoms with Crippen molar-refractivity contribution in [3.63, 3.8) is 0 Å². The van der Waals surface area contributed by atoms with Crippen LogP contribution in [0.3, 0.4) is 0 Å². The Hall–Kier alpha value is -2.77. The molecule has 2 amide bonds. The van der Waals surface area contributed by atoms with Gasteiger partial charge in [-0.25, -0.2) is 0 Å². The first kappa shape index (κ1) is 18.0. The maximum absolute atomic E-state index is 13.0. The predicted octanol–water partition coefficient (Wildman–Crippen LogP) is 1.51. The van der Waals surface area contributed by atoms with Gasteiger partial charge in [-0.15, -0.1) is 0 Å². The molecule has 0 bridgehead atoms. The maximum Gasteiger partial charge on any atom is 0.246 e. The van der Waals surface area contributed by atoms with Crippen molar-refractivity contribution in [1.82, 2.24) is 20.0 Å². The number of aryl methyl sites for hydroxylation is 1. The smallest absolute Gasteiger partial charge is 0.246 e. The minimum Gasteiger partial charge on any atom is -0.467 e. The molecule has 2 aromatic heterocycles. The Kier molecular flexibility index (Phi) is 5.29. The summed E-state index contributed by atoms with van der Waals surface area (Å²) in [5.41, 5.74) is -0.800. The van der Waals surface area contributed by atoms with Gasteiger partial charge in [0, 0.05) is 38.8 Å². The first-order valence-electron chi connectivity index (χ1n) is 8.89. The van der Waals surface area contributed by atoms with Crippen LogP contribution in [-0.2, 0) is 23.2 Å². The molecule has 2 N–H and O–H groups in total. The summed E-state index contributed by atoms with van der Waals surface area (Å²) >= 11 is 0. The number of amides is 2. The molecule has 1 fully saturated rings. The summed E-state index contributed by atoms with van der Waals surface area (Å²) in [5.74, 6) is 1.36. The van der Waals surface area contributed by atoms with E-state index in [4.69, 9.17) is 4.42 Å². The van der Waals surface area contributed by atoms with Crippen molar-refractivity contribution in [3.05, 3.63) is 36.4 Å². The van der Waals surface area contributed by atoms with Crippen LogP contribution in [0.1, 0.15) is 31.9 Å². The van der Waals surface area contributed by atoms with E-state index in [2.05, 4.69) is 15.7 Å². The number of hydrogen-bond acceptors (Lipinski definition) is 5. The number of carbonyl (C=O) groups excluding carboxylic acids is 2. The number of rotatable bonds is 6. The van der Waals surface area contributed by atoms with Gasteiger partial charge in [-0.1, -0.05) is 6.92 Å². The average Bonchev–Trinajstić information content (AvgIpc) is 3.31. The van der Waals surface area contributed by atoms with Gasteiger partial charge in [0.25, 0.3) is 0 Å². The lowest BCUT2D eigenvalue weighted by atomic mass is 9.86. The summed E-state index contributed by atoms with van der Waals surface area (Å²) in [7, 11) is 1.83. The number of carbonyl (C=O) groups is 2. The summed E-state index contributed by atoms with van der Waals surface area (Å²) in [6.07, 6.45) is 4.94. The summed E-state index contributed by atoms with van der Waals surface area (Å²) < 4.78 is 6.97. The van der Waals surface area contributed by atoms with Crippen molar-refractivity contribution in [1.29, 1.82) is 0 Å². The number of nitrogens with zero attached hydrogens (tertiary/aromatic N) is 3. The van der Waals surface area contributed by atoms with Crippen molar-refractivity contribution in [2.24, 2.45) is 7.05 Å². The Bertz CT molecular complexity index is 745. The minimum atomic E-state index is -0.800. The molecule has 0 saturated carbocycles. The van der Waals surface area contributed by atoms with Crippen LogP contribution in [0.2, 0.25) is 0 Å². The summed E-state index contributed by atoms with van der Waals surface area (Å²) in [5, 5.41) is 10.6. The highest BCUT2D eigenvalue weighted by Gasteiger charge is 2.42. The standard InChI is InChI=1S/C18H25N5O3/c1-3-16(24)23-10-7-18(8-11-23,20-15-6-9-22(2)21-15)17(25)19-13-14-5-4-12-26-14/h4-6,9,12H,3,7-8,10-11,13H2,1-2H3,(H,19,25)(H,20,21). The molecule has 2 aromatic rings. The van der Waals surface area contributed by atoms with Crippen LogP contribution in [0, 0.1) is 0 Å². The summed E-state index contributed by atoms with van der Waals surface area (Å²) in [6, 6.07) is 5.45. The van der Waals surface area contributed by atoms with E-state index in [0.29, 0.717) is 50.5 Å².